The van der Waals surface area contributed by atoms with Gasteiger partial charge in [-0.25, -0.2) is 0 Å². The Labute approximate surface area is 67.4 Å². The molecular weight excluding hydrogens is 105 g/mol. The second-order valence-electron chi connectivity index (χ2n) is 1.91. The molecule has 2 heteroatoms. The molecule has 1 aromatic rings. The topological polar surface area (TPSA) is 26.0 Å². The molecule has 44 valence electrons. The van der Waals surface area contributed by atoms with Crippen molar-refractivity contribution in [3.8, 4) is 0 Å². The van der Waals surface area contributed by atoms with E-state index in [-0.39, 0.29) is 18.9 Å². The van der Waals surface area contributed by atoms with Gasteiger partial charge in [-0.1, -0.05) is 17.7 Å². The third kappa shape index (κ3) is 2.60. The van der Waals surface area contributed by atoms with Crippen molar-refractivity contribution in [1.29, 1.82) is 0 Å². The zero-order chi connectivity index (χ0) is 5.98. The summed E-state index contributed by atoms with van der Waals surface area (Å²) in [5.41, 5.74) is 7.51. The Balaban J connectivity index is 0.000000640. The van der Waals surface area contributed by atoms with Gasteiger partial charge in [0, 0.05) is 5.69 Å². The summed E-state index contributed by atoms with van der Waals surface area (Å²) in [6.07, 6.45) is 0. The molecule has 2 N–H and O–H groups in total. The van der Waals surface area contributed by atoms with Gasteiger partial charge in [0.25, 0.3) is 0 Å². The molecule has 0 aliphatic heterocycles. The number of rotatable bonds is 0. The van der Waals surface area contributed by atoms with Crippen molar-refractivity contribution < 1.29 is 0 Å². The Bertz CT molecular complexity index is 148. The van der Waals surface area contributed by atoms with Crippen LogP contribution in [0, 0.1) is 6.92 Å². The first-order valence-electron chi connectivity index (χ1n) is 2.61. The van der Waals surface area contributed by atoms with E-state index in [0.29, 0.717) is 0 Å². The molecule has 1 nitrogen and oxygen atoms in total. The average molecular weight is 115 g/mol. The molecular formula is C7H10LiN. The van der Waals surface area contributed by atoms with Gasteiger partial charge in [0.1, 0.15) is 0 Å². The molecule has 0 spiro atoms. The zero-order valence-electron chi connectivity index (χ0n) is 4.89. The molecule has 0 unspecified atom stereocenters. The van der Waals surface area contributed by atoms with E-state index in [0.717, 1.165) is 5.69 Å². The number of hydrogen-bond acceptors (Lipinski definition) is 1. The van der Waals surface area contributed by atoms with Gasteiger partial charge in [0.15, 0.2) is 0 Å². The Morgan fingerprint density at radius 2 is 1.56 bits per heavy atom. The van der Waals surface area contributed by atoms with E-state index in [1.807, 2.05) is 31.2 Å². The minimum absolute atomic E-state index is 0. The predicted octanol–water partition coefficient (Wildman–Crippen LogP) is 0.929. The van der Waals surface area contributed by atoms with Gasteiger partial charge in [-0.15, -0.1) is 0 Å². The monoisotopic (exact) mass is 115 g/mol. The van der Waals surface area contributed by atoms with Crippen molar-refractivity contribution in [3.05, 3.63) is 29.8 Å². The van der Waals surface area contributed by atoms with E-state index >= 15 is 0 Å². The maximum absolute atomic E-state index is 5.43. The van der Waals surface area contributed by atoms with E-state index in [4.69, 9.17) is 5.73 Å². The van der Waals surface area contributed by atoms with Crippen LogP contribution in [0.25, 0.3) is 0 Å². The average Bonchev–Trinajstić information content (AvgIpc) is 1.77. The summed E-state index contributed by atoms with van der Waals surface area (Å²) >= 11 is 0. The van der Waals surface area contributed by atoms with Crippen LogP contribution in [0.2, 0.25) is 0 Å². The molecule has 0 aliphatic carbocycles. The standard InChI is InChI=1S/C7H9N.Li.H/c1-6-2-4-7(8)5-3-6;;/h2-5H,8H2,1H3;;. The fourth-order valence-electron chi connectivity index (χ4n) is 0.566. The van der Waals surface area contributed by atoms with Gasteiger partial charge < -0.3 is 5.73 Å². The number of hydrogen-bond donors (Lipinski definition) is 1. The van der Waals surface area contributed by atoms with Crippen molar-refractivity contribution in [2.24, 2.45) is 0 Å². The third-order valence-corrected chi connectivity index (χ3v) is 1.08. The molecule has 9 heavy (non-hydrogen) atoms. The summed E-state index contributed by atoms with van der Waals surface area (Å²) in [5, 5.41) is 0. The van der Waals surface area contributed by atoms with E-state index in [1.165, 1.54) is 5.56 Å². The van der Waals surface area contributed by atoms with Crippen molar-refractivity contribution >= 4 is 24.5 Å². The fraction of sp³-hybridized carbons (Fsp3) is 0.143. The first-order chi connectivity index (χ1) is 3.79. The van der Waals surface area contributed by atoms with Crippen LogP contribution in [0.5, 0.6) is 0 Å². The number of nitrogen functional groups attached to an aromatic ring is 1. The predicted molar refractivity (Wildman–Crippen MR) is 42.7 cm³/mol. The molecule has 0 atom stereocenters. The van der Waals surface area contributed by atoms with Crippen LogP contribution in [0.15, 0.2) is 24.3 Å². The first kappa shape index (κ1) is 8.62. The van der Waals surface area contributed by atoms with E-state index in [2.05, 4.69) is 0 Å². The second kappa shape index (κ2) is 3.61. The summed E-state index contributed by atoms with van der Waals surface area (Å²) in [4.78, 5) is 0. The van der Waals surface area contributed by atoms with Crippen LogP contribution in [0.4, 0.5) is 5.69 Å². The molecule has 0 aromatic heterocycles. The number of aryl methyl sites for hydroxylation is 1. The van der Waals surface area contributed by atoms with Gasteiger partial charge >= 0.3 is 18.9 Å². The Morgan fingerprint density at radius 3 is 1.89 bits per heavy atom. The molecule has 0 saturated heterocycles. The summed E-state index contributed by atoms with van der Waals surface area (Å²) in [7, 11) is 0. The van der Waals surface area contributed by atoms with Gasteiger partial charge in [-0.3, -0.25) is 0 Å². The summed E-state index contributed by atoms with van der Waals surface area (Å²) in [5.74, 6) is 0. The summed E-state index contributed by atoms with van der Waals surface area (Å²) in [6, 6.07) is 7.79. The fourth-order valence-corrected chi connectivity index (χ4v) is 0.566. The molecule has 0 bridgehead atoms. The summed E-state index contributed by atoms with van der Waals surface area (Å²) < 4.78 is 0. The molecule has 0 fully saturated rings. The van der Waals surface area contributed by atoms with Crippen LogP contribution >= 0.6 is 0 Å². The molecule has 0 saturated carbocycles. The Hall–Kier alpha value is -0.383. The molecule has 0 aliphatic rings. The number of benzene rings is 1. The Kier molecular flexibility index (Phi) is 3.45. The SMILES string of the molecule is Cc1ccc(N)cc1.[LiH]. The molecule has 1 rings (SSSR count). The molecule has 0 radical (unpaired) electrons. The van der Waals surface area contributed by atoms with Crippen molar-refractivity contribution in [1.82, 2.24) is 0 Å². The Morgan fingerprint density at radius 1 is 1.11 bits per heavy atom. The zero-order valence-corrected chi connectivity index (χ0v) is 4.89. The van der Waals surface area contributed by atoms with E-state index in [1.54, 1.807) is 0 Å². The van der Waals surface area contributed by atoms with Gasteiger partial charge in [-0.05, 0) is 19.1 Å². The molecule has 1 aromatic carbocycles. The van der Waals surface area contributed by atoms with Crippen LogP contribution in [0.3, 0.4) is 0 Å². The van der Waals surface area contributed by atoms with Crippen molar-refractivity contribution in [3.63, 3.8) is 0 Å². The van der Waals surface area contributed by atoms with Crippen molar-refractivity contribution in [2.45, 2.75) is 6.92 Å². The first-order valence-corrected chi connectivity index (χ1v) is 2.61. The van der Waals surface area contributed by atoms with Gasteiger partial charge in [0.05, 0.1) is 0 Å². The molecule has 0 amide bonds. The van der Waals surface area contributed by atoms with E-state index < -0.39 is 0 Å². The van der Waals surface area contributed by atoms with E-state index in [9.17, 15) is 0 Å². The van der Waals surface area contributed by atoms with Crippen molar-refractivity contribution in [2.75, 3.05) is 5.73 Å². The minimum atomic E-state index is 0. The quantitative estimate of drug-likeness (QED) is 0.395. The van der Waals surface area contributed by atoms with Gasteiger partial charge in [-0.2, -0.15) is 0 Å². The van der Waals surface area contributed by atoms with Crippen LogP contribution < -0.4 is 5.73 Å². The van der Waals surface area contributed by atoms with Crippen LogP contribution in [0.1, 0.15) is 5.56 Å². The number of nitrogens with two attached hydrogens (primary N) is 1. The third-order valence-electron chi connectivity index (χ3n) is 1.08. The number of anilines is 1. The van der Waals surface area contributed by atoms with Crippen LogP contribution in [-0.2, 0) is 0 Å². The van der Waals surface area contributed by atoms with Crippen LogP contribution in [-0.4, -0.2) is 18.9 Å². The van der Waals surface area contributed by atoms with Gasteiger partial charge in [0.2, 0.25) is 0 Å². The maximum atomic E-state index is 5.43. The normalized spacial score (nSPS) is 8.11. The molecule has 0 heterocycles. The summed E-state index contributed by atoms with van der Waals surface area (Å²) in [6.45, 7) is 2.04. The second-order valence-corrected chi connectivity index (χ2v) is 1.91.